The topological polar surface area (TPSA) is 84.3 Å². The van der Waals surface area contributed by atoms with E-state index < -0.39 is 36.3 Å². The number of nitrogens with zero attached hydrogens (tertiary/aromatic N) is 3. The first-order chi connectivity index (χ1) is 25.8. The lowest BCUT2D eigenvalue weighted by atomic mass is 9.80. The van der Waals surface area contributed by atoms with Crippen LogP contribution in [0.15, 0.2) is 139 Å². The average Bonchev–Trinajstić information content (AvgIpc) is 3.18. The van der Waals surface area contributed by atoms with Gasteiger partial charge in [0.1, 0.15) is 17.7 Å². The summed E-state index contributed by atoms with van der Waals surface area (Å²) in [6.45, 7) is -0.0534. The fraction of sp³-hybridized carbons (Fsp3) is 0.386. The van der Waals surface area contributed by atoms with Crippen molar-refractivity contribution in [2.45, 2.75) is 101 Å². The van der Waals surface area contributed by atoms with Crippen molar-refractivity contribution >= 4 is 5.97 Å². The highest BCUT2D eigenvalue weighted by Gasteiger charge is 2.39. The van der Waals surface area contributed by atoms with Crippen LogP contribution in [-0.2, 0) is 15.1 Å². The van der Waals surface area contributed by atoms with E-state index in [1.54, 1.807) is 30.3 Å². The number of halogens is 3. The van der Waals surface area contributed by atoms with Crippen molar-refractivity contribution in [3.8, 4) is 0 Å². The number of carbonyl (C=O) groups excluding carboxylic acids is 1. The number of esters is 1. The predicted molar refractivity (Wildman–Crippen MR) is 204 cm³/mol. The van der Waals surface area contributed by atoms with E-state index in [-0.39, 0.29) is 13.0 Å². The molecular formula is C44H50F3N3O3. The number of hydrogen-bond acceptors (Lipinski definition) is 4. The summed E-state index contributed by atoms with van der Waals surface area (Å²) in [6.07, 6.45) is 7.84. The van der Waals surface area contributed by atoms with Gasteiger partial charge in [-0.25, -0.2) is 4.79 Å². The molecule has 0 aliphatic carbocycles. The molecule has 0 amide bonds. The molecule has 6 nitrogen and oxygen atoms in total. The Kier molecular flexibility index (Phi) is 17.2. The molecule has 4 aromatic carbocycles. The Hall–Kier alpha value is -4.85. The minimum Gasteiger partial charge on any atom is -0.454 e. The van der Waals surface area contributed by atoms with Crippen LogP contribution in [-0.4, -0.2) is 30.9 Å². The van der Waals surface area contributed by atoms with Gasteiger partial charge in [-0.3, -0.25) is 0 Å². The number of alkyl halides is 3. The van der Waals surface area contributed by atoms with Crippen LogP contribution >= 0.6 is 0 Å². The fourth-order valence-corrected chi connectivity index (χ4v) is 6.48. The molecule has 0 aliphatic rings. The first-order valence-corrected chi connectivity index (χ1v) is 18.7. The molecule has 0 aliphatic heterocycles. The molecule has 0 unspecified atom stereocenters. The zero-order valence-electron chi connectivity index (χ0n) is 30.2. The smallest absolute Gasteiger partial charge is 0.389 e. The molecule has 0 saturated heterocycles. The van der Waals surface area contributed by atoms with Crippen molar-refractivity contribution < 1.29 is 27.4 Å². The zero-order valence-corrected chi connectivity index (χ0v) is 30.2. The molecule has 280 valence electrons. The van der Waals surface area contributed by atoms with Crippen LogP contribution < -0.4 is 0 Å². The summed E-state index contributed by atoms with van der Waals surface area (Å²) in [7, 11) is 0. The van der Waals surface area contributed by atoms with E-state index in [9.17, 15) is 23.5 Å². The van der Waals surface area contributed by atoms with E-state index >= 15 is 0 Å². The van der Waals surface area contributed by atoms with Crippen LogP contribution in [0.1, 0.15) is 104 Å². The van der Waals surface area contributed by atoms with Crippen LogP contribution in [0.5, 0.6) is 0 Å². The van der Waals surface area contributed by atoms with Crippen molar-refractivity contribution in [2.75, 3.05) is 6.61 Å². The van der Waals surface area contributed by atoms with Crippen LogP contribution in [0.2, 0.25) is 0 Å². The van der Waals surface area contributed by atoms with Gasteiger partial charge in [-0.05, 0) is 59.7 Å². The molecule has 9 heteroatoms. The Morgan fingerprint density at radius 3 is 1.55 bits per heavy atom. The lowest BCUT2D eigenvalue weighted by Gasteiger charge is -2.37. The quantitative estimate of drug-likeness (QED) is 0.0145. The highest BCUT2D eigenvalue weighted by Crippen LogP contribution is 2.41. The maximum absolute atomic E-state index is 13.3. The summed E-state index contributed by atoms with van der Waals surface area (Å²) < 4.78 is 49.9. The summed E-state index contributed by atoms with van der Waals surface area (Å²) >= 11 is 0. The zero-order chi connectivity index (χ0) is 37.6. The summed E-state index contributed by atoms with van der Waals surface area (Å²) in [5.41, 5.74) is 11.7. The highest BCUT2D eigenvalue weighted by molar-refractivity contribution is 5.89. The summed E-state index contributed by atoms with van der Waals surface area (Å²) in [6, 6.07) is 37.5. The van der Waals surface area contributed by atoms with Gasteiger partial charge in [0, 0.05) is 11.3 Å². The summed E-state index contributed by atoms with van der Waals surface area (Å²) in [5, 5.41) is 4.12. The number of azide groups is 1. The molecule has 0 aromatic heterocycles. The van der Waals surface area contributed by atoms with Crippen LogP contribution in [0.25, 0.3) is 10.4 Å². The number of ether oxygens (including phenoxy) is 2. The van der Waals surface area contributed by atoms with Gasteiger partial charge in [-0.15, -0.1) is 0 Å². The molecule has 4 rings (SSSR count). The summed E-state index contributed by atoms with van der Waals surface area (Å²) in [5.74, 6) is -0.529. The van der Waals surface area contributed by atoms with Gasteiger partial charge in [-0.2, -0.15) is 13.2 Å². The largest absolute Gasteiger partial charge is 0.454 e. The van der Waals surface area contributed by atoms with Crippen molar-refractivity contribution in [2.24, 2.45) is 5.11 Å². The van der Waals surface area contributed by atoms with Gasteiger partial charge in [0.25, 0.3) is 0 Å². The number of carbonyl (C=O) groups is 1. The monoisotopic (exact) mass is 725 g/mol. The fourth-order valence-electron chi connectivity index (χ4n) is 6.48. The molecular weight excluding hydrogens is 675 g/mol. The van der Waals surface area contributed by atoms with E-state index in [1.165, 1.54) is 0 Å². The Labute approximate surface area is 311 Å². The first kappa shape index (κ1) is 40.9. The second-order valence-corrected chi connectivity index (χ2v) is 13.2. The van der Waals surface area contributed by atoms with Gasteiger partial charge in [0.05, 0.1) is 12.2 Å². The molecule has 2 atom stereocenters. The van der Waals surface area contributed by atoms with Crippen LogP contribution in [0.3, 0.4) is 0 Å². The van der Waals surface area contributed by atoms with Crippen LogP contribution in [0.4, 0.5) is 13.2 Å². The van der Waals surface area contributed by atoms with Gasteiger partial charge in [0.15, 0.2) is 0 Å². The van der Waals surface area contributed by atoms with Crippen LogP contribution in [0, 0.1) is 0 Å². The molecule has 4 aromatic rings. The summed E-state index contributed by atoms with van der Waals surface area (Å²) in [4.78, 5) is 16.5. The minimum atomic E-state index is -4.05. The molecule has 0 heterocycles. The van der Waals surface area contributed by atoms with E-state index in [1.807, 2.05) is 103 Å². The number of hydrogen-bond donors (Lipinski definition) is 0. The van der Waals surface area contributed by atoms with Crippen molar-refractivity contribution in [1.82, 2.24) is 0 Å². The van der Waals surface area contributed by atoms with E-state index in [4.69, 9.17) is 9.47 Å². The van der Waals surface area contributed by atoms with Gasteiger partial charge in [0.2, 0.25) is 0 Å². The molecule has 0 radical (unpaired) electrons. The van der Waals surface area contributed by atoms with Gasteiger partial charge in [-0.1, -0.05) is 172 Å². The normalized spacial score (nSPS) is 13.0. The second kappa shape index (κ2) is 22.3. The Morgan fingerprint density at radius 2 is 1.09 bits per heavy atom. The van der Waals surface area contributed by atoms with E-state index in [0.717, 1.165) is 74.5 Å². The number of unbranched alkanes of at least 4 members (excludes halogenated alkanes) is 10. The third-order valence-electron chi connectivity index (χ3n) is 9.25. The molecule has 0 bridgehead atoms. The average molecular weight is 726 g/mol. The van der Waals surface area contributed by atoms with Crippen molar-refractivity contribution in [3.63, 3.8) is 0 Å². The van der Waals surface area contributed by atoms with Crippen molar-refractivity contribution in [1.29, 1.82) is 0 Å². The highest BCUT2D eigenvalue weighted by atomic mass is 19.4. The Bertz CT molecular complexity index is 1580. The second-order valence-electron chi connectivity index (χ2n) is 13.2. The first-order valence-electron chi connectivity index (χ1n) is 18.7. The minimum absolute atomic E-state index is 0.0534. The number of benzene rings is 4. The maximum Gasteiger partial charge on any atom is 0.389 e. The number of allylic oxidation sites excluding steroid dienone is 1. The Balaban J connectivity index is 1.44. The number of rotatable bonds is 23. The molecule has 0 saturated carbocycles. The van der Waals surface area contributed by atoms with Gasteiger partial charge >= 0.3 is 12.1 Å². The predicted octanol–water partition coefficient (Wildman–Crippen LogP) is 12.7. The lowest BCUT2D eigenvalue weighted by Crippen LogP contribution is -2.39. The third kappa shape index (κ3) is 13.6. The molecule has 53 heavy (non-hydrogen) atoms. The Morgan fingerprint density at radius 1 is 0.660 bits per heavy atom. The maximum atomic E-state index is 13.3. The molecule has 0 N–H and O–H groups in total. The van der Waals surface area contributed by atoms with Crippen molar-refractivity contribution in [3.05, 3.63) is 166 Å². The standard InChI is InChI=1S/C44H50F3N3O3/c45-43(46,47)34-24-10-8-6-4-2-1-3-5-7-9-23-33-41(53-42(51)36-25-15-11-16-26-36)40(49-50-48)35-52-44(37-27-17-12-18-28-37,38-29-19-13-20-30-38)39-31-21-14-22-32-39/h11-23,25-33,40-41H,1-10,24,34-35H2/b33-23+/t40-,41+/m0/s1. The van der Waals surface area contributed by atoms with E-state index in [0.29, 0.717) is 12.0 Å². The lowest BCUT2D eigenvalue weighted by molar-refractivity contribution is -0.135. The van der Waals surface area contributed by atoms with Gasteiger partial charge < -0.3 is 9.47 Å². The van der Waals surface area contributed by atoms with E-state index in [2.05, 4.69) is 10.0 Å². The third-order valence-corrected chi connectivity index (χ3v) is 9.25. The molecule has 0 fully saturated rings. The molecule has 0 spiro atoms. The SMILES string of the molecule is [N-]=[N+]=N[C@@H](COC(c1ccccc1)(c1ccccc1)c1ccccc1)[C@@H](/C=C/CCCCCCCCCCCCC(F)(F)F)OC(=O)c1ccccc1.